The number of nitrogens with zero attached hydrogens (tertiary/aromatic N) is 3. The summed E-state index contributed by atoms with van der Waals surface area (Å²) in [6.45, 7) is 11.7. The van der Waals surface area contributed by atoms with E-state index in [1.807, 2.05) is 11.9 Å². The first-order valence-electron chi connectivity index (χ1n) is 4.35. The first-order chi connectivity index (χ1) is 6.29. The average molecular weight is 182 g/mol. The van der Waals surface area contributed by atoms with Gasteiger partial charge in [0.2, 0.25) is 5.96 Å². The zero-order chi connectivity index (χ0) is 10.1. The van der Waals surface area contributed by atoms with Gasteiger partial charge in [0.25, 0.3) is 0 Å². The second kappa shape index (κ2) is 7.49. The second-order valence-corrected chi connectivity index (χ2v) is 2.45. The maximum absolute atomic E-state index is 4.02. The fourth-order valence-corrected chi connectivity index (χ4v) is 0.950. The Labute approximate surface area is 80.1 Å². The molecule has 0 saturated heterocycles. The molecule has 0 aromatic heterocycles. The molecule has 0 aromatic rings. The lowest BCUT2D eigenvalue weighted by Crippen LogP contribution is -2.34. The summed E-state index contributed by atoms with van der Waals surface area (Å²) in [5.74, 6) is 0.632. The summed E-state index contributed by atoms with van der Waals surface area (Å²) in [6, 6.07) is 0. The molecule has 0 saturated carbocycles. The Morgan fingerprint density at radius 3 is 2.69 bits per heavy atom. The fourth-order valence-electron chi connectivity index (χ4n) is 0.950. The van der Waals surface area contributed by atoms with E-state index in [0.29, 0.717) is 5.96 Å². The molecule has 4 heteroatoms. The third-order valence-electron chi connectivity index (χ3n) is 1.64. The minimum atomic E-state index is 0.632. The van der Waals surface area contributed by atoms with Crippen LogP contribution in [0.3, 0.4) is 0 Å². The van der Waals surface area contributed by atoms with Gasteiger partial charge >= 0.3 is 0 Å². The van der Waals surface area contributed by atoms with E-state index in [4.69, 9.17) is 0 Å². The Balaban J connectivity index is 4.24. The fraction of sp³-hybridized carbons (Fsp3) is 0.556. The largest absolute Gasteiger partial charge is 0.340 e. The topological polar surface area (TPSA) is 40.0 Å². The highest BCUT2D eigenvalue weighted by Gasteiger charge is 2.04. The summed E-state index contributed by atoms with van der Waals surface area (Å²) < 4.78 is 0. The third kappa shape index (κ3) is 4.42. The third-order valence-corrected chi connectivity index (χ3v) is 1.64. The van der Waals surface area contributed by atoms with Crippen LogP contribution in [0.15, 0.2) is 22.8 Å². The predicted molar refractivity (Wildman–Crippen MR) is 58.4 cm³/mol. The van der Waals surface area contributed by atoms with Crippen LogP contribution in [0.2, 0.25) is 0 Å². The SMILES string of the molecule is C=CN=C(N=C)N(CC)CCNC. The zero-order valence-electron chi connectivity index (χ0n) is 8.45. The number of hydrogen-bond donors (Lipinski definition) is 1. The normalized spacial score (nSPS) is 11.1. The average Bonchev–Trinajstić information content (AvgIpc) is 2.17. The first kappa shape index (κ1) is 11.8. The minimum absolute atomic E-state index is 0.632. The Morgan fingerprint density at radius 2 is 2.31 bits per heavy atom. The van der Waals surface area contributed by atoms with Gasteiger partial charge in [-0.25, -0.2) is 9.98 Å². The Bertz CT molecular complexity index is 186. The molecule has 0 aliphatic heterocycles. The molecule has 1 N–H and O–H groups in total. The number of aliphatic imine (C=N–C) groups is 2. The van der Waals surface area contributed by atoms with Gasteiger partial charge in [0, 0.05) is 25.8 Å². The Kier molecular flexibility index (Phi) is 6.82. The van der Waals surface area contributed by atoms with E-state index in [0.717, 1.165) is 19.6 Å². The number of likely N-dealkylation sites (N-methyl/N-ethyl adjacent to an activating group) is 2. The van der Waals surface area contributed by atoms with Crippen molar-refractivity contribution in [1.29, 1.82) is 0 Å². The molecule has 0 aliphatic carbocycles. The van der Waals surface area contributed by atoms with E-state index >= 15 is 0 Å². The molecule has 0 aliphatic rings. The molecule has 0 fully saturated rings. The maximum atomic E-state index is 4.02. The monoisotopic (exact) mass is 182 g/mol. The van der Waals surface area contributed by atoms with Crippen molar-refractivity contribution in [1.82, 2.24) is 10.2 Å². The summed E-state index contributed by atoms with van der Waals surface area (Å²) in [7, 11) is 1.92. The van der Waals surface area contributed by atoms with Crippen LogP contribution in [0.25, 0.3) is 0 Å². The van der Waals surface area contributed by atoms with Crippen molar-refractivity contribution in [3.8, 4) is 0 Å². The molecule has 0 atom stereocenters. The van der Waals surface area contributed by atoms with Crippen LogP contribution < -0.4 is 5.32 Å². The Hall–Kier alpha value is -1.16. The van der Waals surface area contributed by atoms with Crippen LogP contribution in [-0.2, 0) is 0 Å². The standard InChI is InChI=1S/C9H18N4/c1-5-12-9(11-4)13(6-2)8-7-10-3/h5,10H,1,4,6-8H2,2-3H3. The molecule has 13 heavy (non-hydrogen) atoms. The van der Waals surface area contributed by atoms with Crippen molar-refractivity contribution in [3.63, 3.8) is 0 Å². The van der Waals surface area contributed by atoms with Gasteiger partial charge < -0.3 is 10.2 Å². The minimum Gasteiger partial charge on any atom is -0.340 e. The van der Waals surface area contributed by atoms with Crippen molar-refractivity contribution in [2.24, 2.45) is 9.98 Å². The second-order valence-electron chi connectivity index (χ2n) is 2.45. The van der Waals surface area contributed by atoms with Gasteiger partial charge in [-0.05, 0) is 20.7 Å². The molecule has 0 spiro atoms. The molecular weight excluding hydrogens is 164 g/mol. The number of nitrogens with one attached hydrogen (secondary N) is 1. The first-order valence-corrected chi connectivity index (χ1v) is 4.35. The molecule has 0 heterocycles. The van der Waals surface area contributed by atoms with Crippen molar-refractivity contribution in [2.45, 2.75) is 6.92 Å². The van der Waals surface area contributed by atoms with Crippen LogP contribution in [0, 0.1) is 0 Å². The van der Waals surface area contributed by atoms with Gasteiger partial charge in [0.15, 0.2) is 0 Å². The molecule has 0 bridgehead atoms. The summed E-state index contributed by atoms with van der Waals surface area (Å²) >= 11 is 0. The molecule has 74 valence electrons. The van der Waals surface area contributed by atoms with E-state index in [-0.39, 0.29) is 0 Å². The van der Waals surface area contributed by atoms with Gasteiger partial charge in [0.05, 0.1) is 0 Å². The van der Waals surface area contributed by atoms with Crippen molar-refractivity contribution >= 4 is 12.7 Å². The lowest BCUT2D eigenvalue weighted by molar-refractivity contribution is 0.433. The van der Waals surface area contributed by atoms with Gasteiger partial charge in [-0.15, -0.1) is 0 Å². The summed E-state index contributed by atoms with van der Waals surface area (Å²) in [6.07, 6.45) is 1.48. The molecule has 0 aromatic carbocycles. The van der Waals surface area contributed by atoms with E-state index in [1.54, 1.807) is 0 Å². The van der Waals surface area contributed by atoms with Crippen LogP contribution >= 0.6 is 0 Å². The highest BCUT2D eigenvalue weighted by Crippen LogP contribution is 1.93. The van der Waals surface area contributed by atoms with Gasteiger partial charge in [-0.2, -0.15) is 0 Å². The summed E-state index contributed by atoms with van der Waals surface area (Å²) in [4.78, 5) is 9.88. The van der Waals surface area contributed by atoms with Crippen molar-refractivity contribution < 1.29 is 0 Å². The number of rotatable bonds is 5. The van der Waals surface area contributed by atoms with E-state index < -0.39 is 0 Å². The van der Waals surface area contributed by atoms with Crippen molar-refractivity contribution in [2.75, 3.05) is 26.7 Å². The van der Waals surface area contributed by atoms with Crippen LogP contribution in [-0.4, -0.2) is 44.3 Å². The molecule has 0 rings (SSSR count). The van der Waals surface area contributed by atoms with Crippen LogP contribution in [0.4, 0.5) is 0 Å². The van der Waals surface area contributed by atoms with Crippen LogP contribution in [0.1, 0.15) is 6.92 Å². The summed E-state index contributed by atoms with van der Waals surface area (Å²) in [5.41, 5.74) is 0. The lowest BCUT2D eigenvalue weighted by Gasteiger charge is -2.20. The van der Waals surface area contributed by atoms with Gasteiger partial charge in [-0.3, -0.25) is 0 Å². The molecule has 4 nitrogen and oxygen atoms in total. The van der Waals surface area contributed by atoms with Gasteiger partial charge in [-0.1, -0.05) is 6.58 Å². The van der Waals surface area contributed by atoms with E-state index in [2.05, 4.69) is 35.5 Å². The highest BCUT2D eigenvalue weighted by atomic mass is 15.3. The van der Waals surface area contributed by atoms with Crippen LogP contribution in [0.5, 0.6) is 0 Å². The van der Waals surface area contributed by atoms with E-state index in [9.17, 15) is 0 Å². The number of hydrogen-bond acceptors (Lipinski definition) is 2. The molecule has 0 unspecified atom stereocenters. The molecular formula is C9H18N4. The zero-order valence-corrected chi connectivity index (χ0v) is 8.45. The highest BCUT2D eigenvalue weighted by molar-refractivity contribution is 5.84. The smallest absolute Gasteiger partial charge is 0.224 e. The van der Waals surface area contributed by atoms with Gasteiger partial charge in [0.1, 0.15) is 0 Å². The maximum Gasteiger partial charge on any atom is 0.224 e. The lowest BCUT2D eigenvalue weighted by atomic mass is 10.5. The molecule has 0 amide bonds. The Morgan fingerprint density at radius 1 is 1.62 bits per heavy atom. The predicted octanol–water partition coefficient (Wildman–Crippen LogP) is 0.728. The summed E-state index contributed by atoms with van der Waals surface area (Å²) in [5, 5.41) is 3.07. The van der Waals surface area contributed by atoms with Crippen molar-refractivity contribution in [3.05, 3.63) is 12.8 Å². The van der Waals surface area contributed by atoms with E-state index in [1.165, 1.54) is 6.20 Å². The number of guanidine groups is 1. The molecule has 0 radical (unpaired) electrons. The quantitative estimate of drug-likeness (QED) is 0.503.